The van der Waals surface area contributed by atoms with E-state index in [4.69, 9.17) is 0 Å². The first-order valence-electron chi connectivity index (χ1n) is 8.54. The fourth-order valence-electron chi connectivity index (χ4n) is 2.64. The van der Waals surface area contributed by atoms with Crippen molar-refractivity contribution in [2.75, 3.05) is 32.1 Å². The van der Waals surface area contributed by atoms with Crippen molar-refractivity contribution in [3.05, 3.63) is 42.0 Å². The topological polar surface area (TPSA) is 54.3 Å². The molecule has 0 aliphatic rings. The second-order valence-corrected chi connectivity index (χ2v) is 7.26. The van der Waals surface area contributed by atoms with E-state index in [2.05, 4.69) is 15.0 Å². The summed E-state index contributed by atoms with van der Waals surface area (Å²) in [6.07, 6.45) is 2.56. The second-order valence-electron chi connectivity index (χ2n) is 6.25. The molecule has 3 rings (SSSR count). The summed E-state index contributed by atoms with van der Waals surface area (Å²) in [6, 6.07) is 6.56. The fourth-order valence-corrected chi connectivity index (χ4v) is 3.64. The molecule has 0 bridgehead atoms. The third-order valence-electron chi connectivity index (χ3n) is 4.01. The van der Waals surface area contributed by atoms with Gasteiger partial charge in [-0.2, -0.15) is 5.10 Å². The zero-order chi connectivity index (χ0) is 18.7. The zero-order valence-corrected chi connectivity index (χ0v) is 16.0. The Morgan fingerprint density at radius 3 is 2.73 bits per heavy atom. The van der Waals surface area contributed by atoms with E-state index >= 15 is 0 Å². The highest BCUT2D eigenvalue weighted by Gasteiger charge is 2.23. The SMILES string of the molecule is CCn1ccc(C(=O)N(CCCN(C)C)c2nc3c(F)cccc3s2)n1. The van der Waals surface area contributed by atoms with Crippen molar-refractivity contribution in [1.82, 2.24) is 19.7 Å². The lowest BCUT2D eigenvalue weighted by Gasteiger charge is -2.20. The first-order chi connectivity index (χ1) is 12.5. The van der Waals surface area contributed by atoms with Crippen LogP contribution in [0.15, 0.2) is 30.5 Å². The van der Waals surface area contributed by atoms with Crippen LogP contribution in [-0.4, -0.2) is 52.8 Å². The zero-order valence-electron chi connectivity index (χ0n) is 15.1. The predicted molar refractivity (Wildman–Crippen MR) is 102 cm³/mol. The summed E-state index contributed by atoms with van der Waals surface area (Å²) in [4.78, 5) is 21.1. The number of nitrogens with zero attached hydrogens (tertiary/aromatic N) is 5. The van der Waals surface area contributed by atoms with Crippen LogP contribution in [0, 0.1) is 5.82 Å². The molecule has 8 heteroatoms. The molecule has 1 aromatic carbocycles. The number of para-hydroxylation sites is 1. The number of benzene rings is 1. The minimum absolute atomic E-state index is 0.213. The van der Waals surface area contributed by atoms with E-state index < -0.39 is 0 Å². The fraction of sp³-hybridized carbons (Fsp3) is 0.389. The van der Waals surface area contributed by atoms with E-state index in [0.29, 0.717) is 29.4 Å². The van der Waals surface area contributed by atoms with Gasteiger partial charge in [-0.1, -0.05) is 17.4 Å². The van der Waals surface area contributed by atoms with E-state index in [1.165, 1.54) is 17.4 Å². The monoisotopic (exact) mass is 375 g/mol. The number of amides is 1. The molecule has 138 valence electrons. The van der Waals surface area contributed by atoms with Gasteiger partial charge >= 0.3 is 0 Å². The van der Waals surface area contributed by atoms with Crippen molar-refractivity contribution in [3.8, 4) is 0 Å². The van der Waals surface area contributed by atoms with Crippen molar-refractivity contribution in [2.45, 2.75) is 19.9 Å². The minimum atomic E-state index is -0.374. The third kappa shape index (κ3) is 3.91. The first-order valence-corrected chi connectivity index (χ1v) is 9.36. The Morgan fingerprint density at radius 2 is 2.08 bits per heavy atom. The molecule has 0 fully saturated rings. The van der Waals surface area contributed by atoms with Gasteiger partial charge in [-0.15, -0.1) is 0 Å². The summed E-state index contributed by atoms with van der Waals surface area (Å²) in [5.41, 5.74) is 0.674. The molecule has 2 aromatic heterocycles. The maximum atomic E-state index is 14.0. The van der Waals surface area contributed by atoms with Gasteiger partial charge in [0.05, 0.1) is 4.70 Å². The Labute approximate surface area is 155 Å². The smallest absolute Gasteiger partial charge is 0.280 e. The van der Waals surface area contributed by atoms with Gasteiger partial charge in [0, 0.05) is 19.3 Å². The third-order valence-corrected chi connectivity index (χ3v) is 5.05. The number of aromatic nitrogens is 3. The quantitative estimate of drug-likeness (QED) is 0.636. The van der Waals surface area contributed by atoms with Crippen LogP contribution in [0.1, 0.15) is 23.8 Å². The summed E-state index contributed by atoms with van der Waals surface area (Å²) >= 11 is 1.32. The normalized spacial score (nSPS) is 11.4. The van der Waals surface area contributed by atoms with Gasteiger partial charge in [-0.3, -0.25) is 14.4 Å². The molecule has 0 aliphatic heterocycles. The molecule has 0 unspecified atom stereocenters. The number of anilines is 1. The van der Waals surface area contributed by atoms with Crippen molar-refractivity contribution in [2.24, 2.45) is 0 Å². The molecule has 1 amide bonds. The van der Waals surface area contributed by atoms with E-state index in [0.717, 1.165) is 17.7 Å². The summed E-state index contributed by atoms with van der Waals surface area (Å²) in [6.45, 7) is 4.00. The average molecular weight is 375 g/mol. The number of carbonyl (C=O) groups is 1. The molecule has 0 radical (unpaired) electrons. The molecule has 0 saturated carbocycles. The molecular formula is C18H22FN5OS. The number of hydrogen-bond donors (Lipinski definition) is 0. The number of aryl methyl sites for hydroxylation is 1. The highest BCUT2D eigenvalue weighted by molar-refractivity contribution is 7.22. The van der Waals surface area contributed by atoms with Crippen molar-refractivity contribution in [3.63, 3.8) is 0 Å². The molecule has 3 aromatic rings. The van der Waals surface area contributed by atoms with Gasteiger partial charge < -0.3 is 4.90 Å². The molecule has 0 N–H and O–H groups in total. The maximum absolute atomic E-state index is 14.0. The Bertz CT molecular complexity index is 904. The number of thiazole rings is 1. The van der Waals surface area contributed by atoms with Gasteiger partial charge in [0.15, 0.2) is 10.8 Å². The number of halogens is 1. The van der Waals surface area contributed by atoms with Crippen molar-refractivity contribution < 1.29 is 9.18 Å². The van der Waals surface area contributed by atoms with Crippen LogP contribution < -0.4 is 4.90 Å². The molecule has 0 saturated heterocycles. The Kier molecular flexibility index (Phi) is 5.63. The molecule has 0 atom stereocenters. The van der Waals surface area contributed by atoms with Crippen LogP contribution in [0.3, 0.4) is 0 Å². The summed E-state index contributed by atoms with van der Waals surface area (Å²) in [5, 5.41) is 4.81. The molecule has 2 heterocycles. The lowest BCUT2D eigenvalue weighted by atomic mass is 10.3. The lowest BCUT2D eigenvalue weighted by molar-refractivity contribution is 0.0980. The molecule has 6 nitrogen and oxygen atoms in total. The van der Waals surface area contributed by atoms with E-state index in [9.17, 15) is 9.18 Å². The number of carbonyl (C=O) groups excluding carboxylic acids is 1. The van der Waals surface area contributed by atoms with E-state index in [1.54, 1.807) is 27.9 Å². The van der Waals surface area contributed by atoms with Crippen molar-refractivity contribution >= 4 is 32.6 Å². The van der Waals surface area contributed by atoms with Crippen LogP contribution in [0.4, 0.5) is 9.52 Å². The van der Waals surface area contributed by atoms with Crippen LogP contribution in [0.25, 0.3) is 10.2 Å². The second kappa shape index (κ2) is 7.92. The summed E-state index contributed by atoms with van der Waals surface area (Å²) in [5.74, 6) is -0.587. The number of hydrogen-bond acceptors (Lipinski definition) is 5. The van der Waals surface area contributed by atoms with Crippen LogP contribution >= 0.6 is 11.3 Å². The van der Waals surface area contributed by atoms with Gasteiger partial charge in [0.2, 0.25) is 0 Å². The van der Waals surface area contributed by atoms with Crippen LogP contribution in [0.2, 0.25) is 0 Å². The highest BCUT2D eigenvalue weighted by Crippen LogP contribution is 2.31. The minimum Gasteiger partial charge on any atom is -0.309 e. The van der Waals surface area contributed by atoms with Gasteiger partial charge in [0.1, 0.15) is 11.3 Å². The van der Waals surface area contributed by atoms with Crippen LogP contribution in [0.5, 0.6) is 0 Å². The summed E-state index contributed by atoms with van der Waals surface area (Å²) < 4.78 is 16.5. The molecule has 0 aliphatic carbocycles. The molecule has 0 spiro atoms. The van der Waals surface area contributed by atoms with E-state index in [1.807, 2.05) is 27.1 Å². The van der Waals surface area contributed by atoms with Crippen molar-refractivity contribution in [1.29, 1.82) is 0 Å². The standard InChI is InChI=1S/C18H22FN5OS/c1-4-23-12-9-14(21-23)17(25)24(11-6-10-22(2)3)18-20-16-13(19)7-5-8-15(16)26-18/h5,7-9,12H,4,6,10-11H2,1-3H3. The first kappa shape index (κ1) is 18.5. The summed E-state index contributed by atoms with van der Waals surface area (Å²) in [7, 11) is 3.98. The number of fused-ring (bicyclic) bond motifs is 1. The highest BCUT2D eigenvalue weighted by atomic mass is 32.1. The van der Waals surface area contributed by atoms with Gasteiger partial charge in [-0.05, 0) is 52.2 Å². The van der Waals surface area contributed by atoms with Crippen LogP contribution in [-0.2, 0) is 6.54 Å². The van der Waals surface area contributed by atoms with E-state index in [-0.39, 0.29) is 11.7 Å². The lowest BCUT2D eigenvalue weighted by Crippen LogP contribution is -2.33. The van der Waals surface area contributed by atoms with Gasteiger partial charge in [-0.25, -0.2) is 9.37 Å². The molecule has 26 heavy (non-hydrogen) atoms. The predicted octanol–water partition coefficient (Wildman–Crippen LogP) is 3.25. The Morgan fingerprint density at radius 1 is 1.27 bits per heavy atom. The maximum Gasteiger partial charge on any atom is 0.280 e. The average Bonchev–Trinajstić information content (AvgIpc) is 3.25. The van der Waals surface area contributed by atoms with Gasteiger partial charge in [0.25, 0.3) is 5.91 Å². The Hall–Kier alpha value is -2.32. The number of rotatable bonds is 7. The largest absolute Gasteiger partial charge is 0.309 e. The Balaban J connectivity index is 1.93. The molecular weight excluding hydrogens is 353 g/mol.